The summed E-state index contributed by atoms with van der Waals surface area (Å²) in [5.41, 5.74) is 1.28. The lowest BCUT2D eigenvalue weighted by Gasteiger charge is -2.20. The van der Waals surface area contributed by atoms with Gasteiger partial charge in [0, 0.05) is 24.4 Å². The molecule has 0 saturated heterocycles. The predicted octanol–water partition coefficient (Wildman–Crippen LogP) is 2.71. The lowest BCUT2D eigenvalue weighted by atomic mass is 10.2. The largest absolute Gasteiger partial charge is 0.326 e. The monoisotopic (exact) mass is 426 g/mol. The lowest BCUT2D eigenvalue weighted by molar-refractivity contribution is -0.120. The highest BCUT2D eigenvalue weighted by atomic mass is 16.2. The summed E-state index contributed by atoms with van der Waals surface area (Å²) in [5.74, 6) is 0.759. The number of benzene rings is 1. The second-order valence-electron chi connectivity index (χ2n) is 7.90. The van der Waals surface area contributed by atoms with Gasteiger partial charge in [-0.1, -0.05) is 6.92 Å². The summed E-state index contributed by atoms with van der Waals surface area (Å²) in [4.78, 5) is 37.8. The summed E-state index contributed by atoms with van der Waals surface area (Å²) in [6.45, 7) is 6.21. The molecule has 9 nitrogen and oxygen atoms in total. The standard InChI is InChI=1S/C22H30N6O3/c1-4-27(13-21(30)25-19-9-7-18(8-10-19)24-16(3)29)14-22(31)26-20-11-12-23-28(20)15(2)17-5-6-17/h7-12,15,17H,4-6,13-14H2,1-3H3,(H,24,29)(H,25,30)(H,26,31). The number of amides is 3. The lowest BCUT2D eigenvalue weighted by Crippen LogP contribution is -2.39. The van der Waals surface area contributed by atoms with E-state index in [9.17, 15) is 14.4 Å². The van der Waals surface area contributed by atoms with Crippen LogP contribution in [0.25, 0.3) is 0 Å². The van der Waals surface area contributed by atoms with Crippen molar-refractivity contribution in [2.45, 2.75) is 39.7 Å². The van der Waals surface area contributed by atoms with Crippen LogP contribution in [0.2, 0.25) is 0 Å². The van der Waals surface area contributed by atoms with E-state index in [-0.39, 0.29) is 36.9 Å². The Morgan fingerprint density at radius 2 is 1.61 bits per heavy atom. The summed E-state index contributed by atoms with van der Waals surface area (Å²) in [6.07, 6.45) is 4.09. The van der Waals surface area contributed by atoms with E-state index in [0.717, 1.165) is 0 Å². The van der Waals surface area contributed by atoms with Gasteiger partial charge in [0.1, 0.15) is 5.82 Å². The molecule has 3 amide bonds. The maximum absolute atomic E-state index is 12.5. The molecule has 0 aliphatic heterocycles. The highest BCUT2D eigenvalue weighted by molar-refractivity contribution is 5.95. The van der Waals surface area contributed by atoms with Gasteiger partial charge in [-0.2, -0.15) is 5.10 Å². The molecule has 1 aliphatic rings. The van der Waals surface area contributed by atoms with Crippen molar-refractivity contribution in [1.82, 2.24) is 14.7 Å². The summed E-state index contributed by atoms with van der Waals surface area (Å²) in [5, 5.41) is 12.8. The summed E-state index contributed by atoms with van der Waals surface area (Å²) < 4.78 is 1.86. The average molecular weight is 427 g/mol. The Hall–Kier alpha value is -3.20. The van der Waals surface area contributed by atoms with Gasteiger partial charge in [0.05, 0.1) is 25.3 Å². The molecule has 9 heteroatoms. The minimum absolute atomic E-state index is 0.0924. The van der Waals surface area contributed by atoms with Gasteiger partial charge in [-0.05, 0) is 56.5 Å². The Balaban J connectivity index is 1.49. The molecule has 0 bridgehead atoms. The van der Waals surface area contributed by atoms with Crippen molar-refractivity contribution >= 4 is 34.9 Å². The number of aromatic nitrogens is 2. The molecule has 3 N–H and O–H groups in total. The van der Waals surface area contributed by atoms with Gasteiger partial charge < -0.3 is 16.0 Å². The van der Waals surface area contributed by atoms with Crippen LogP contribution in [0.3, 0.4) is 0 Å². The highest BCUT2D eigenvalue weighted by Crippen LogP contribution is 2.40. The third-order valence-corrected chi connectivity index (χ3v) is 5.30. The molecule has 2 aromatic rings. The van der Waals surface area contributed by atoms with Crippen LogP contribution in [-0.4, -0.2) is 52.0 Å². The molecule has 1 aromatic heterocycles. The molecule has 1 aliphatic carbocycles. The van der Waals surface area contributed by atoms with Gasteiger partial charge >= 0.3 is 0 Å². The molecule has 3 rings (SSSR count). The Morgan fingerprint density at radius 1 is 1.03 bits per heavy atom. The van der Waals surface area contributed by atoms with Crippen LogP contribution in [0.15, 0.2) is 36.5 Å². The molecule has 1 heterocycles. The van der Waals surface area contributed by atoms with E-state index >= 15 is 0 Å². The Labute approximate surface area is 182 Å². The summed E-state index contributed by atoms with van der Waals surface area (Å²) in [6, 6.07) is 8.92. The van der Waals surface area contributed by atoms with Crippen LogP contribution in [0.5, 0.6) is 0 Å². The van der Waals surface area contributed by atoms with E-state index in [4.69, 9.17) is 0 Å². The van der Waals surface area contributed by atoms with Crippen molar-refractivity contribution in [3.05, 3.63) is 36.5 Å². The number of likely N-dealkylation sites (N-methyl/N-ethyl adjacent to an activating group) is 1. The number of carbonyl (C=O) groups is 3. The van der Waals surface area contributed by atoms with Gasteiger partial charge in [0.25, 0.3) is 0 Å². The van der Waals surface area contributed by atoms with Crippen LogP contribution in [0.4, 0.5) is 17.2 Å². The van der Waals surface area contributed by atoms with Crippen molar-refractivity contribution < 1.29 is 14.4 Å². The quantitative estimate of drug-likeness (QED) is 0.541. The topological polar surface area (TPSA) is 108 Å². The Bertz CT molecular complexity index is 920. The zero-order valence-corrected chi connectivity index (χ0v) is 18.2. The molecule has 0 radical (unpaired) electrons. The van der Waals surface area contributed by atoms with Crippen LogP contribution in [0, 0.1) is 5.92 Å². The molecular formula is C22H30N6O3. The van der Waals surface area contributed by atoms with Gasteiger partial charge in [-0.3, -0.25) is 19.3 Å². The SMILES string of the molecule is CCN(CC(=O)Nc1ccc(NC(C)=O)cc1)CC(=O)Nc1ccnn1C(C)C1CC1. The smallest absolute Gasteiger partial charge is 0.239 e. The second-order valence-corrected chi connectivity index (χ2v) is 7.90. The fourth-order valence-corrected chi connectivity index (χ4v) is 3.42. The van der Waals surface area contributed by atoms with Crippen molar-refractivity contribution in [3.63, 3.8) is 0 Å². The number of nitrogens with one attached hydrogen (secondary N) is 3. The van der Waals surface area contributed by atoms with Crippen molar-refractivity contribution in [2.75, 3.05) is 35.6 Å². The van der Waals surface area contributed by atoms with E-state index in [0.29, 0.717) is 29.7 Å². The van der Waals surface area contributed by atoms with Crippen molar-refractivity contribution in [2.24, 2.45) is 5.92 Å². The van der Waals surface area contributed by atoms with Crippen LogP contribution in [-0.2, 0) is 14.4 Å². The second kappa shape index (κ2) is 10.2. The first-order chi connectivity index (χ1) is 14.9. The van der Waals surface area contributed by atoms with E-state index < -0.39 is 0 Å². The first-order valence-corrected chi connectivity index (χ1v) is 10.6. The Morgan fingerprint density at radius 3 is 2.16 bits per heavy atom. The molecule has 166 valence electrons. The van der Waals surface area contributed by atoms with E-state index in [1.165, 1.54) is 19.8 Å². The maximum Gasteiger partial charge on any atom is 0.239 e. The Kier molecular flexibility index (Phi) is 7.41. The minimum atomic E-state index is -0.214. The number of rotatable bonds is 10. The van der Waals surface area contributed by atoms with E-state index in [1.54, 1.807) is 41.4 Å². The molecule has 31 heavy (non-hydrogen) atoms. The fourth-order valence-electron chi connectivity index (χ4n) is 3.42. The number of hydrogen-bond acceptors (Lipinski definition) is 5. The van der Waals surface area contributed by atoms with E-state index in [1.807, 2.05) is 11.6 Å². The molecule has 0 spiro atoms. The van der Waals surface area contributed by atoms with Crippen LogP contribution >= 0.6 is 0 Å². The molecule has 1 saturated carbocycles. The summed E-state index contributed by atoms with van der Waals surface area (Å²) >= 11 is 0. The van der Waals surface area contributed by atoms with E-state index in [2.05, 4.69) is 28.0 Å². The van der Waals surface area contributed by atoms with Gasteiger partial charge in [0.2, 0.25) is 17.7 Å². The molecule has 1 unspecified atom stereocenters. The molecule has 1 atom stereocenters. The third-order valence-electron chi connectivity index (χ3n) is 5.30. The van der Waals surface area contributed by atoms with Crippen LogP contribution in [0.1, 0.15) is 39.7 Å². The number of hydrogen-bond donors (Lipinski definition) is 3. The highest BCUT2D eigenvalue weighted by Gasteiger charge is 2.30. The number of nitrogens with zero attached hydrogens (tertiary/aromatic N) is 3. The molecular weight excluding hydrogens is 396 g/mol. The molecule has 1 aromatic carbocycles. The van der Waals surface area contributed by atoms with Gasteiger partial charge in [0.15, 0.2) is 0 Å². The first kappa shape index (κ1) is 22.5. The minimum Gasteiger partial charge on any atom is -0.326 e. The zero-order valence-electron chi connectivity index (χ0n) is 18.2. The number of anilines is 3. The predicted molar refractivity (Wildman–Crippen MR) is 120 cm³/mol. The molecule has 1 fully saturated rings. The maximum atomic E-state index is 12.5. The van der Waals surface area contributed by atoms with Gasteiger partial charge in [-0.25, -0.2) is 4.68 Å². The third kappa shape index (κ3) is 6.65. The van der Waals surface area contributed by atoms with Crippen molar-refractivity contribution in [1.29, 1.82) is 0 Å². The first-order valence-electron chi connectivity index (χ1n) is 10.6. The summed E-state index contributed by atoms with van der Waals surface area (Å²) in [7, 11) is 0. The van der Waals surface area contributed by atoms with Gasteiger partial charge in [-0.15, -0.1) is 0 Å². The fraction of sp³-hybridized carbons (Fsp3) is 0.455. The van der Waals surface area contributed by atoms with Crippen LogP contribution < -0.4 is 16.0 Å². The zero-order chi connectivity index (χ0) is 22.4. The number of carbonyl (C=O) groups excluding carboxylic acids is 3. The normalized spacial score (nSPS) is 14.2. The average Bonchev–Trinajstić information content (AvgIpc) is 3.47. The van der Waals surface area contributed by atoms with Crippen molar-refractivity contribution in [3.8, 4) is 0 Å².